The van der Waals surface area contributed by atoms with Gasteiger partial charge in [-0.05, 0) is 19.3 Å². The van der Waals surface area contributed by atoms with Crippen LogP contribution >= 0.6 is 0 Å². The van der Waals surface area contributed by atoms with Crippen molar-refractivity contribution in [1.82, 2.24) is 4.90 Å². The largest absolute Gasteiger partial charge is 0.465 e. The molecule has 0 aromatic rings. The SMILES string of the molecule is CCCCCOC1CCN(C(=O)O)CC1. The minimum absolute atomic E-state index is 0.275. The van der Waals surface area contributed by atoms with E-state index < -0.39 is 6.09 Å². The van der Waals surface area contributed by atoms with E-state index >= 15 is 0 Å². The molecule has 1 rings (SSSR count). The van der Waals surface area contributed by atoms with Gasteiger partial charge in [0.05, 0.1) is 6.10 Å². The molecule has 1 fully saturated rings. The van der Waals surface area contributed by atoms with Crippen molar-refractivity contribution in [3.63, 3.8) is 0 Å². The maximum absolute atomic E-state index is 10.6. The molecule has 0 aromatic carbocycles. The molecule has 4 nitrogen and oxygen atoms in total. The Labute approximate surface area is 91.2 Å². The maximum Gasteiger partial charge on any atom is 0.407 e. The third-order valence-corrected chi connectivity index (χ3v) is 2.81. The minimum Gasteiger partial charge on any atom is -0.465 e. The highest BCUT2D eigenvalue weighted by Crippen LogP contribution is 2.14. The van der Waals surface area contributed by atoms with Gasteiger partial charge in [0, 0.05) is 19.7 Å². The molecule has 0 bridgehead atoms. The van der Waals surface area contributed by atoms with Crippen molar-refractivity contribution in [2.75, 3.05) is 19.7 Å². The van der Waals surface area contributed by atoms with Gasteiger partial charge in [-0.3, -0.25) is 0 Å². The second-order valence-corrected chi connectivity index (χ2v) is 4.05. The van der Waals surface area contributed by atoms with Crippen LogP contribution in [0.4, 0.5) is 4.79 Å². The molecular weight excluding hydrogens is 194 g/mol. The summed E-state index contributed by atoms with van der Waals surface area (Å²) in [5.74, 6) is 0. The first-order valence-corrected chi connectivity index (χ1v) is 5.83. The first-order chi connectivity index (χ1) is 7.24. The van der Waals surface area contributed by atoms with E-state index in [9.17, 15) is 4.79 Å². The number of hydrogen-bond donors (Lipinski definition) is 1. The van der Waals surface area contributed by atoms with Crippen LogP contribution in [0.5, 0.6) is 0 Å². The van der Waals surface area contributed by atoms with Crippen molar-refractivity contribution < 1.29 is 14.6 Å². The lowest BCUT2D eigenvalue weighted by atomic mass is 10.1. The quantitative estimate of drug-likeness (QED) is 0.716. The summed E-state index contributed by atoms with van der Waals surface area (Å²) in [6.07, 6.45) is 4.71. The summed E-state index contributed by atoms with van der Waals surface area (Å²) in [7, 11) is 0. The molecule has 1 heterocycles. The topological polar surface area (TPSA) is 49.8 Å². The number of hydrogen-bond acceptors (Lipinski definition) is 2. The van der Waals surface area contributed by atoms with Crippen molar-refractivity contribution >= 4 is 6.09 Å². The van der Waals surface area contributed by atoms with Gasteiger partial charge in [0.15, 0.2) is 0 Å². The smallest absolute Gasteiger partial charge is 0.407 e. The summed E-state index contributed by atoms with van der Waals surface area (Å²) < 4.78 is 5.69. The van der Waals surface area contributed by atoms with Gasteiger partial charge in [0.1, 0.15) is 0 Å². The lowest BCUT2D eigenvalue weighted by Crippen LogP contribution is -2.40. The minimum atomic E-state index is -0.806. The number of unbranched alkanes of at least 4 members (excludes halogenated alkanes) is 2. The Bertz CT molecular complexity index is 188. The second kappa shape index (κ2) is 6.67. The average Bonchev–Trinajstić information content (AvgIpc) is 2.25. The van der Waals surface area contributed by atoms with Gasteiger partial charge in [-0.15, -0.1) is 0 Å². The summed E-state index contributed by atoms with van der Waals surface area (Å²) in [6.45, 7) is 4.23. The highest BCUT2D eigenvalue weighted by atomic mass is 16.5. The number of carbonyl (C=O) groups is 1. The number of ether oxygens (including phenoxy) is 1. The van der Waals surface area contributed by atoms with Crippen molar-refractivity contribution in [2.24, 2.45) is 0 Å². The average molecular weight is 215 g/mol. The molecule has 1 aliphatic heterocycles. The Balaban J connectivity index is 2.07. The van der Waals surface area contributed by atoms with Crippen molar-refractivity contribution in [3.8, 4) is 0 Å². The van der Waals surface area contributed by atoms with Crippen LogP contribution in [0.2, 0.25) is 0 Å². The summed E-state index contributed by atoms with van der Waals surface area (Å²) in [4.78, 5) is 12.1. The molecule has 0 atom stereocenters. The van der Waals surface area contributed by atoms with E-state index in [0.717, 1.165) is 25.9 Å². The number of likely N-dealkylation sites (tertiary alicyclic amines) is 1. The summed E-state index contributed by atoms with van der Waals surface area (Å²) >= 11 is 0. The number of nitrogens with zero attached hydrogens (tertiary/aromatic N) is 1. The maximum atomic E-state index is 10.6. The van der Waals surface area contributed by atoms with E-state index in [4.69, 9.17) is 9.84 Å². The zero-order chi connectivity index (χ0) is 11.1. The summed E-state index contributed by atoms with van der Waals surface area (Å²) in [6, 6.07) is 0. The highest BCUT2D eigenvalue weighted by molar-refractivity contribution is 5.64. The fourth-order valence-electron chi connectivity index (χ4n) is 1.82. The molecular formula is C11H21NO3. The first-order valence-electron chi connectivity index (χ1n) is 5.83. The van der Waals surface area contributed by atoms with Gasteiger partial charge >= 0.3 is 6.09 Å². The van der Waals surface area contributed by atoms with Gasteiger partial charge in [0.25, 0.3) is 0 Å². The zero-order valence-electron chi connectivity index (χ0n) is 9.45. The molecule has 0 aliphatic carbocycles. The molecule has 88 valence electrons. The molecule has 0 radical (unpaired) electrons. The van der Waals surface area contributed by atoms with Crippen LogP contribution in [-0.2, 0) is 4.74 Å². The van der Waals surface area contributed by atoms with E-state index in [1.54, 1.807) is 0 Å². The van der Waals surface area contributed by atoms with Gasteiger partial charge < -0.3 is 14.7 Å². The molecule has 0 aromatic heterocycles. The Morgan fingerprint density at radius 2 is 2.07 bits per heavy atom. The summed E-state index contributed by atoms with van der Waals surface area (Å²) in [5, 5.41) is 8.76. The summed E-state index contributed by atoms with van der Waals surface area (Å²) in [5.41, 5.74) is 0. The molecule has 1 amide bonds. The lowest BCUT2D eigenvalue weighted by Gasteiger charge is -2.29. The number of carboxylic acid groups (broad SMARTS) is 1. The van der Waals surface area contributed by atoms with E-state index in [1.165, 1.54) is 17.7 Å². The molecule has 0 saturated carbocycles. The third-order valence-electron chi connectivity index (χ3n) is 2.81. The van der Waals surface area contributed by atoms with E-state index in [0.29, 0.717) is 13.1 Å². The van der Waals surface area contributed by atoms with Gasteiger partial charge in [-0.25, -0.2) is 4.79 Å². The van der Waals surface area contributed by atoms with Crippen molar-refractivity contribution in [1.29, 1.82) is 0 Å². The molecule has 0 spiro atoms. The van der Waals surface area contributed by atoms with E-state index in [-0.39, 0.29) is 6.10 Å². The Kier molecular flexibility index (Phi) is 5.47. The molecule has 1 aliphatic rings. The zero-order valence-corrected chi connectivity index (χ0v) is 9.45. The monoisotopic (exact) mass is 215 g/mol. The standard InChI is InChI=1S/C11H21NO3/c1-2-3-4-9-15-10-5-7-12(8-6-10)11(13)14/h10H,2-9H2,1H3,(H,13,14). The first kappa shape index (κ1) is 12.3. The predicted octanol–water partition coefficient (Wildman–Crippen LogP) is 2.34. The van der Waals surface area contributed by atoms with Crippen molar-refractivity contribution in [2.45, 2.75) is 45.1 Å². The molecule has 1 N–H and O–H groups in total. The molecule has 1 saturated heterocycles. The van der Waals surface area contributed by atoms with Crippen LogP contribution in [0.3, 0.4) is 0 Å². The third kappa shape index (κ3) is 4.51. The number of amides is 1. The van der Waals surface area contributed by atoms with Crippen LogP contribution in [0.1, 0.15) is 39.0 Å². The predicted molar refractivity (Wildman–Crippen MR) is 58.1 cm³/mol. The molecule has 0 unspecified atom stereocenters. The van der Waals surface area contributed by atoms with Crippen LogP contribution in [0, 0.1) is 0 Å². The van der Waals surface area contributed by atoms with Crippen LogP contribution in [0.25, 0.3) is 0 Å². The van der Waals surface area contributed by atoms with Crippen LogP contribution in [-0.4, -0.2) is 41.9 Å². The fraction of sp³-hybridized carbons (Fsp3) is 0.909. The van der Waals surface area contributed by atoms with Gasteiger partial charge in [-0.2, -0.15) is 0 Å². The Morgan fingerprint density at radius 3 is 2.60 bits per heavy atom. The van der Waals surface area contributed by atoms with Gasteiger partial charge in [-0.1, -0.05) is 19.8 Å². The molecule has 4 heteroatoms. The van der Waals surface area contributed by atoms with E-state index in [1.807, 2.05) is 0 Å². The molecule has 15 heavy (non-hydrogen) atoms. The fourth-order valence-corrected chi connectivity index (χ4v) is 1.82. The Hall–Kier alpha value is -0.770. The van der Waals surface area contributed by atoms with Crippen LogP contribution in [0.15, 0.2) is 0 Å². The number of rotatable bonds is 5. The highest BCUT2D eigenvalue weighted by Gasteiger charge is 2.22. The normalized spacial score (nSPS) is 18.1. The number of piperidine rings is 1. The lowest BCUT2D eigenvalue weighted by molar-refractivity contribution is 0.00861. The van der Waals surface area contributed by atoms with Crippen molar-refractivity contribution in [3.05, 3.63) is 0 Å². The van der Waals surface area contributed by atoms with Gasteiger partial charge in [0.2, 0.25) is 0 Å². The van der Waals surface area contributed by atoms with E-state index in [2.05, 4.69) is 6.92 Å². The van der Waals surface area contributed by atoms with Crippen LogP contribution < -0.4 is 0 Å². The second-order valence-electron chi connectivity index (χ2n) is 4.05. The Morgan fingerprint density at radius 1 is 1.40 bits per heavy atom.